The highest BCUT2D eigenvalue weighted by Crippen LogP contribution is 2.15. The topological polar surface area (TPSA) is 102 Å². The summed E-state index contributed by atoms with van der Waals surface area (Å²) >= 11 is 2.53. The predicted molar refractivity (Wildman–Crippen MR) is 70.8 cm³/mol. The number of rotatable bonds is 4. The van der Waals surface area contributed by atoms with E-state index in [1.54, 1.807) is 17.1 Å². The summed E-state index contributed by atoms with van der Waals surface area (Å²) in [6.07, 6.45) is 1.54. The number of nitrogen functional groups attached to an aromatic ring is 1. The number of carbonyl (C=O) groups excluding carboxylic acids is 1. The van der Waals surface area contributed by atoms with Crippen molar-refractivity contribution in [1.82, 2.24) is 9.97 Å². The van der Waals surface area contributed by atoms with Gasteiger partial charge in [0.1, 0.15) is 17.8 Å². The van der Waals surface area contributed by atoms with Crippen LogP contribution in [0.2, 0.25) is 0 Å². The van der Waals surface area contributed by atoms with E-state index in [4.69, 9.17) is 5.73 Å². The van der Waals surface area contributed by atoms with Crippen molar-refractivity contribution in [3.05, 3.63) is 22.8 Å². The number of nitrogens with two attached hydrogens (primary N) is 1. The normalized spacial score (nSPS) is 11.3. The fourth-order valence-corrected chi connectivity index (χ4v) is 2.20. The minimum absolute atomic E-state index is 0.0684. The Bertz CT molecular complexity index is 563. The minimum Gasteiger partial charge on any atom is -0.398 e. The van der Waals surface area contributed by atoms with Gasteiger partial charge in [-0.05, 0) is 0 Å². The molecule has 94 valence electrons. The van der Waals surface area contributed by atoms with Gasteiger partial charge in [0.15, 0.2) is 10.8 Å². The molecule has 0 saturated heterocycles. The van der Waals surface area contributed by atoms with Gasteiger partial charge in [-0.1, -0.05) is 5.16 Å². The van der Waals surface area contributed by atoms with Crippen LogP contribution >= 0.6 is 22.7 Å². The first kappa shape index (κ1) is 12.5. The van der Waals surface area contributed by atoms with Crippen molar-refractivity contribution in [2.75, 3.05) is 18.2 Å². The van der Waals surface area contributed by atoms with E-state index in [0.717, 1.165) is 0 Å². The smallest absolute Gasteiger partial charge is 0.280 e. The van der Waals surface area contributed by atoms with Crippen LogP contribution in [0.3, 0.4) is 0 Å². The zero-order valence-corrected chi connectivity index (χ0v) is 10.9. The summed E-state index contributed by atoms with van der Waals surface area (Å²) < 4.78 is 0. The van der Waals surface area contributed by atoms with E-state index in [2.05, 4.69) is 25.3 Å². The molecule has 0 saturated carbocycles. The number of aromatic nitrogens is 2. The van der Waals surface area contributed by atoms with Crippen LogP contribution in [0.5, 0.6) is 0 Å². The predicted octanol–water partition coefficient (Wildman–Crippen LogP) is 1.17. The third-order valence-corrected chi connectivity index (χ3v) is 3.19. The Morgan fingerprint density at radius 1 is 1.56 bits per heavy atom. The van der Waals surface area contributed by atoms with Crippen molar-refractivity contribution < 1.29 is 9.63 Å². The average Bonchev–Trinajstić information content (AvgIpc) is 2.97. The summed E-state index contributed by atoms with van der Waals surface area (Å²) in [5.41, 5.74) is 7.58. The van der Waals surface area contributed by atoms with Gasteiger partial charge in [-0.15, -0.1) is 22.7 Å². The Hall–Kier alpha value is -2.00. The van der Waals surface area contributed by atoms with Crippen LogP contribution in [0.4, 0.5) is 10.1 Å². The standard InChI is InChI=1S/C9H9N5O2S2/c1-16-14-7(5-3-17-9(10)12-5)8(15)13-6-2-11-4-18-6/h2-4H,1H3,(H2,10,12)(H,13,15)/b14-7-. The number of nitrogens with one attached hydrogen (secondary N) is 1. The summed E-state index contributed by atoms with van der Waals surface area (Å²) in [5.74, 6) is -0.425. The van der Waals surface area contributed by atoms with Crippen molar-refractivity contribution in [2.45, 2.75) is 0 Å². The molecular formula is C9H9N5O2S2. The second kappa shape index (κ2) is 5.56. The lowest BCUT2D eigenvalue weighted by atomic mass is 10.3. The van der Waals surface area contributed by atoms with E-state index in [1.807, 2.05) is 0 Å². The number of amides is 1. The Balaban J connectivity index is 2.21. The lowest BCUT2D eigenvalue weighted by Gasteiger charge is -2.02. The molecule has 0 atom stereocenters. The largest absolute Gasteiger partial charge is 0.398 e. The third kappa shape index (κ3) is 2.81. The zero-order valence-electron chi connectivity index (χ0n) is 9.28. The van der Waals surface area contributed by atoms with Crippen LogP contribution in [-0.4, -0.2) is 28.7 Å². The van der Waals surface area contributed by atoms with Gasteiger partial charge < -0.3 is 15.9 Å². The lowest BCUT2D eigenvalue weighted by Crippen LogP contribution is -2.24. The molecule has 0 spiro atoms. The molecule has 0 aliphatic rings. The summed E-state index contributed by atoms with van der Waals surface area (Å²) in [5, 5.41) is 8.93. The molecule has 3 N–H and O–H groups in total. The second-order valence-corrected chi connectivity index (χ2v) is 4.79. The van der Waals surface area contributed by atoms with Crippen molar-refractivity contribution in [3.8, 4) is 0 Å². The summed E-state index contributed by atoms with van der Waals surface area (Å²) in [4.78, 5) is 24.5. The first-order valence-corrected chi connectivity index (χ1v) is 6.49. The van der Waals surface area contributed by atoms with Gasteiger partial charge in [-0.25, -0.2) is 4.98 Å². The number of anilines is 2. The molecule has 2 aromatic heterocycles. The molecule has 0 aliphatic carbocycles. The summed E-state index contributed by atoms with van der Waals surface area (Å²) in [6, 6.07) is 0. The van der Waals surface area contributed by atoms with Gasteiger partial charge in [0.25, 0.3) is 5.91 Å². The first-order chi connectivity index (χ1) is 8.70. The van der Waals surface area contributed by atoms with E-state index in [0.29, 0.717) is 15.8 Å². The van der Waals surface area contributed by atoms with Crippen LogP contribution in [0.1, 0.15) is 5.69 Å². The molecule has 0 fully saturated rings. The number of nitrogens with zero attached hydrogens (tertiary/aromatic N) is 3. The van der Waals surface area contributed by atoms with Crippen LogP contribution in [-0.2, 0) is 9.63 Å². The van der Waals surface area contributed by atoms with Crippen LogP contribution in [0, 0.1) is 0 Å². The number of hydrogen-bond acceptors (Lipinski definition) is 8. The fraction of sp³-hybridized carbons (Fsp3) is 0.111. The van der Waals surface area contributed by atoms with E-state index >= 15 is 0 Å². The highest BCUT2D eigenvalue weighted by Gasteiger charge is 2.18. The molecule has 0 aromatic carbocycles. The third-order valence-electron chi connectivity index (χ3n) is 1.83. The van der Waals surface area contributed by atoms with Gasteiger partial charge in [0.05, 0.1) is 11.7 Å². The summed E-state index contributed by atoms with van der Waals surface area (Å²) in [6.45, 7) is 0. The first-order valence-electron chi connectivity index (χ1n) is 4.73. The molecular weight excluding hydrogens is 274 g/mol. The molecule has 0 unspecified atom stereocenters. The van der Waals surface area contributed by atoms with Crippen LogP contribution in [0.15, 0.2) is 22.2 Å². The highest BCUT2D eigenvalue weighted by atomic mass is 32.1. The Morgan fingerprint density at radius 2 is 2.39 bits per heavy atom. The molecule has 2 heterocycles. The van der Waals surface area contributed by atoms with E-state index in [-0.39, 0.29) is 5.71 Å². The van der Waals surface area contributed by atoms with Gasteiger partial charge >= 0.3 is 0 Å². The average molecular weight is 283 g/mol. The Labute approximate surface area is 110 Å². The molecule has 2 rings (SSSR count). The fourth-order valence-electron chi connectivity index (χ4n) is 1.14. The van der Waals surface area contributed by atoms with Crippen molar-refractivity contribution in [2.24, 2.45) is 5.16 Å². The van der Waals surface area contributed by atoms with Crippen molar-refractivity contribution >= 4 is 44.4 Å². The maximum atomic E-state index is 12.0. The SMILES string of the molecule is CO/N=C(\C(=O)Nc1cncs1)c1csc(N)n1. The quantitative estimate of drug-likeness (QED) is 0.647. The van der Waals surface area contributed by atoms with Crippen LogP contribution < -0.4 is 11.1 Å². The van der Waals surface area contributed by atoms with Crippen molar-refractivity contribution in [3.63, 3.8) is 0 Å². The van der Waals surface area contributed by atoms with Crippen LogP contribution in [0.25, 0.3) is 0 Å². The highest BCUT2D eigenvalue weighted by molar-refractivity contribution is 7.14. The molecule has 1 amide bonds. The van der Waals surface area contributed by atoms with Gasteiger partial charge in [0.2, 0.25) is 0 Å². The minimum atomic E-state index is -0.425. The van der Waals surface area contributed by atoms with Crippen molar-refractivity contribution in [1.29, 1.82) is 0 Å². The Morgan fingerprint density at radius 3 is 2.94 bits per heavy atom. The zero-order chi connectivity index (χ0) is 13.0. The van der Waals surface area contributed by atoms with E-state index in [9.17, 15) is 4.79 Å². The molecule has 0 bridgehead atoms. The van der Waals surface area contributed by atoms with Gasteiger partial charge in [-0.3, -0.25) is 9.78 Å². The maximum Gasteiger partial charge on any atom is 0.280 e. The number of hydrogen-bond donors (Lipinski definition) is 2. The molecule has 0 aliphatic heterocycles. The number of thiazole rings is 2. The number of carbonyl (C=O) groups is 1. The molecule has 2 aromatic rings. The molecule has 0 radical (unpaired) electrons. The molecule has 9 heteroatoms. The molecule has 7 nitrogen and oxygen atoms in total. The van der Waals surface area contributed by atoms with E-state index < -0.39 is 5.91 Å². The maximum absolute atomic E-state index is 12.0. The van der Waals surface area contributed by atoms with Gasteiger partial charge in [-0.2, -0.15) is 0 Å². The molecule has 18 heavy (non-hydrogen) atoms. The Kier molecular flexibility index (Phi) is 3.85. The lowest BCUT2D eigenvalue weighted by molar-refractivity contribution is -0.110. The summed E-state index contributed by atoms with van der Waals surface area (Å²) in [7, 11) is 1.36. The van der Waals surface area contributed by atoms with Gasteiger partial charge in [0, 0.05) is 5.38 Å². The monoisotopic (exact) mass is 283 g/mol. The second-order valence-electron chi connectivity index (χ2n) is 3.01. The number of oxime groups is 1. The van der Waals surface area contributed by atoms with E-state index in [1.165, 1.54) is 29.8 Å².